The quantitative estimate of drug-likeness (QED) is 0.799. The number of para-hydroxylation sites is 1. The van der Waals surface area contributed by atoms with E-state index < -0.39 is 0 Å². The highest BCUT2D eigenvalue weighted by molar-refractivity contribution is 5.77. The summed E-state index contributed by atoms with van der Waals surface area (Å²) < 4.78 is 11.2. The highest BCUT2D eigenvalue weighted by atomic mass is 16.5. The predicted octanol–water partition coefficient (Wildman–Crippen LogP) is 3.19. The van der Waals surface area contributed by atoms with Crippen LogP contribution in [0.2, 0.25) is 0 Å². The summed E-state index contributed by atoms with van der Waals surface area (Å²) in [6.07, 6.45) is 0. The summed E-state index contributed by atoms with van der Waals surface area (Å²) in [5, 5.41) is 2.79. The van der Waals surface area contributed by atoms with Gasteiger partial charge in [-0.3, -0.25) is 4.79 Å². The van der Waals surface area contributed by atoms with Crippen LogP contribution in [0.15, 0.2) is 42.5 Å². The largest absolute Gasteiger partial charge is 0.491 e. The van der Waals surface area contributed by atoms with Gasteiger partial charge < -0.3 is 14.8 Å². The van der Waals surface area contributed by atoms with Gasteiger partial charge in [-0.25, -0.2) is 0 Å². The molecular formula is C19H23NO3. The summed E-state index contributed by atoms with van der Waals surface area (Å²) >= 11 is 0. The molecule has 0 spiro atoms. The molecular weight excluding hydrogens is 290 g/mol. The summed E-state index contributed by atoms with van der Waals surface area (Å²) in [6, 6.07) is 13.4. The monoisotopic (exact) mass is 313 g/mol. The summed E-state index contributed by atoms with van der Waals surface area (Å²) in [7, 11) is 0. The lowest BCUT2D eigenvalue weighted by Crippen LogP contribution is -2.32. The molecule has 0 aromatic heterocycles. The first kappa shape index (κ1) is 16.9. The number of benzene rings is 2. The molecule has 2 rings (SSSR count). The van der Waals surface area contributed by atoms with Crippen molar-refractivity contribution in [3.63, 3.8) is 0 Å². The maximum absolute atomic E-state index is 11.7. The van der Waals surface area contributed by atoms with Gasteiger partial charge in [0, 0.05) is 0 Å². The van der Waals surface area contributed by atoms with E-state index in [2.05, 4.69) is 18.3 Å². The summed E-state index contributed by atoms with van der Waals surface area (Å²) in [5.41, 5.74) is 3.45. The van der Waals surface area contributed by atoms with Crippen LogP contribution in [0.4, 0.5) is 0 Å². The van der Waals surface area contributed by atoms with Crippen molar-refractivity contribution in [2.45, 2.75) is 20.8 Å². The Bertz CT molecular complexity index is 653. The molecule has 0 bridgehead atoms. The highest BCUT2D eigenvalue weighted by Gasteiger charge is 2.07. The first-order chi connectivity index (χ1) is 11.1. The van der Waals surface area contributed by atoms with Gasteiger partial charge in [-0.05, 0) is 49.6 Å². The third-order valence-electron chi connectivity index (χ3n) is 3.66. The average Bonchev–Trinajstić information content (AvgIpc) is 2.57. The lowest BCUT2D eigenvalue weighted by molar-refractivity contribution is -0.123. The van der Waals surface area contributed by atoms with Gasteiger partial charge in [0.2, 0.25) is 0 Å². The second kappa shape index (κ2) is 8.22. The van der Waals surface area contributed by atoms with Crippen molar-refractivity contribution in [2.75, 3.05) is 19.8 Å². The molecule has 0 heterocycles. The predicted molar refractivity (Wildman–Crippen MR) is 91.1 cm³/mol. The molecule has 0 aliphatic rings. The van der Waals surface area contributed by atoms with E-state index in [9.17, 15) is 4.79 Å². The van der Waals surface area contributed by atoms with Gasteiger partial charge in [-0.15, -0.1) is 0 Å². The fourth-order valence-corrected chi connectivity index (χ4v) is 2.21. The summed E-state index contributed by atoms with van der Waals surface area (Å²) in [6.45, 7) is 7.01. The van der Waals surface area contributed by atoms with Crippen LogP contribution in [0.25, 0.3) is 0 Å². The van der Waals surface area contributed by atoms with Crippen LogP contribution in [0.1, 0.15) is 16.7 Å². The van der Waals surface area contributed by atoms with Gasteiger partial charge in [-0.2, -0.15) is 0 Å². The maximum Gasteiger partial charge on any atom is 0.258 e. The van der Waals surface area contributed by atoms with Crippen LogP contribution < -0.4 is 14.8 Å². The third-order valence-corrected chi connectivity index (χ3v) is 3.66. The van der Waals surface area contributed by atoms with E-state index in [0.717, 1.165) is 16.9 Å². The van der Waals surface area contributed by atoms with Crippen molar-refractivity contribution in [3.8, 4) is 11.5 Å². The summed E-state index contributed by atoms with van der Waals surface area (Å²) in [5.74, 6) is 1.43. The second-order valence-electron chi connectivity index (χ2n) is 5.45. The molecule has 2 aromatic carbocycles. The normalized spacial score (nSPS) is 10.2. The van der Waals surface area contributed by atoms with Gasteiger partial charge in [0.05, 0.1) is 6.54 Å². The van der Waals surface area contributed by atoms with Crippen molar-refractivity contribution in [1.29, 1.82) is 0 Å². The number of ether oxygens (including phenoxy) is 2. The Labute approximate surface area is 137 Å². The van der Waals surface area contributed by atoms with Gasteiger partial charge >= 0.3 is 0 Å². The SMILES string of the molecule is Cc1ccc(C)c(OCCNC(=O)COc2ccccc2)c1C. The van der Waals surface area contributed by atoms with Crippen LogP contribution in [-0.2, 0) is 4.79 Å². The molecule has 0 aliphatic heterocycles. The highest BCUT2D eigenvalue weighted by Crippen LogP contribution is 2.25. The number of carbonyl (C=O) groups is 1. The minimum Gasteiger partial charge on any atom is -0.491 e. The fraction of sp³-hybridized carbons (Fsp3) is 0.316. The maximum atomic E-state index is 11.7. The Morgan fingerprint density at radius 3 is 2.39 bits per heavy atom. The number of carbonyl (C=O) groups excluding carboxylic acids is 1. The first-order valence-corrected chi connectivity index (χ1v) is 7.72. The number of nitrogens with one attached hydrogen (secondary N) is 1. The van der Waals surface area contributed by atoms with Gasteiger partial charge in [0.1, 0.15) is 18.1 Å². The lowest BCUT2D eigenvalue weighted by Gasteiger charge is -2.14. The van der Waals surface area contributed by atoms with E-state index in [1.807, 2.05) is 50.2 Å². The Morgan fingerprint density at radius 2 is 1.65 bits per heavy atom. The molecule has 2 aromatic rings. The average molecular weight is 313 g/mol. The molecule has 0 fully saturated rings. The molecule has 23 heavy (non-hydrogen) atoms. The third kappa shape index (κ3) is 5.02. The van der Waals surface area contributed by atoms with Gasteiger partial charge in [0.25, 0.3) is 5.91 Å². The van der Waals surface area contributed by atoms with Crippen molar-refractivity contribution < 1.29 is 14.3 Å². The molecule has 1 N–H and O–H groups in total. The van der Waals surface area contributed by atoms with Gasteiger partial charge in [0.15, 0.2) is 6.61 Å². The molecule has 0 radical (unpaired) electrons. The molecule has 122 valence electrons. The van der Waals surface area contributed by atoms with Crippen LogP contribution in [0, 0.1) is 20.8 Å². The topological polar surface area (TPSA) is 47.6 Å². The summed E-state index contributed by atoms with van der Waals surface area (Å²) in [4.78, 5) is 11.7. The van der Waals surface area contributed by atoms with Crippen molar-refractivity contribution in [1.82, 2.24) is 5.32 Å². The van der Waals surface area contributed by atoms with E-state index in [1.165, 1.54) is 5.56 Å². The Balaban J connectivity index is 1.71. The van der Waals surface area contributed by atoms with E-state index >= 15 is 0 Å². The Morgan fingerprint density at radius 1 is 0.957 bits per heavy atom. The molecule has 0 unspecified atom stereocenters. The second-order valence-corrected chi connectivity index (χ2v) is 5.45. The molecule has 0 aliphatic carbocycles. The minimum absolute atomic E-state index is 0.00646. The zero-order valence-corrected chi connectivity index (χ0v) is 13.9. The van der Waals surface area contributed by atoms with E-state index in [1.54, 1.807) is 0 Å². The van der Waals surface area contributed by atoms with Crippen LogP contribution in [0.5, 0.6) is 11.5 Å². The molecule has 4 nitrogen and oxygen atoms in total. The lowest BCUT2D eigenvalue weighted by atomic mass is 10.1. The standard InChI is InChI=1S/C19H23NO3/c1-14-9-10-15(2)19(16(14)3)22-12-11-20-18(21)13-23-17-7-5-4-6-8-17/h4-10H,11-13H2,1-3H3,(H,20,21). The molecule has 0 atom stereocenters. The number of hydrogen-bond donors (Lipinski definition) is 1. The number of rotatable bonds is 7. The first-order valence-electron chi connectivity index (χ1n) is 7.72. The number of hydrogen-bond acceptors (Lipinski definition) is 3. The van der Waals surface area contributed by atoms with Crippen molar-refractivity contribution in [3.05, 3.63) is 59.2 Å². The Kier molecular flexibility index (Phi) is 6.03. The van der Waals surface area contributed by atoms with Gasteiger partial charge in [-0.1, -0.05) is 30.3 Å². The Hall–Kier alpha value is -2.49. The smallest absolute Gasteiger partial charge is 0.258 e. The van der Waals surface area contributed by atoms with Crippen LogP contribution >= 0.6 is 0 Å². The van der Waals surface area contributed by atoms with Crippen molar-refractivity contribution in [2.24, 2.45) is 0 Å². The minimum atomic E-state index is -0.157. The molecule has 0 saturated heterocycles. The molecule has 0 saturated carbocycles. The fourth-order valence-electron chi connectivity index (χ4n) is 2.21. The van der Waals surface area contributed by atoms with E-state index in [0.29, 0.717) is 18.9 Å². The van der Waals surface area contributed by atoms with E-state index in [4.69, 9.17) is 9.47 Å². The number of amides is 1. The van der Waals surface area contributed by atoms with Crippen LogP contribution in [-0.4, -0.2) is 25.7 Å². The van der Waals surface area contributed by atoms with Crippen molar-refractivity contribution >= 4 is 5.91 Å². The van der Waals surface area contributed by atoms with Crippen LogP contribution in [0.3, 0.4) is 0 Å². The molecule has 1 amide bonds. The zero-order chi connectivity index (χ0) is 16.7. The number of aryl methyl sites for hydroxylation is 2. The zero-order valence-electron chi connectivity index (χ0n) is 13.9. The van der Waals surface area contributed by atoms with E-state index in [-0.39, 0.29) is 12.5 Å². The molecule has 4 heteroatoms.